The molecule has 0 spiro atoms. The molecular weight excluding hydrogens is 255 g/mol. The summed E-state index contributed by atoms with van der Waals surface area (Å²) >= 11 is 13.0. The highest BCUT2D eigenvalue weighted by Gasteiger charge is 2.07. The quantitative estimate of drug-likeness (QED) is 0.664. The molecule has 0 aliphatic rings. The first-order chi connectivity index (χ1) is 7.00. The third-order valence-corrected chi connectivity index (χ3v) is 3.42. The average Bonchev–Trinajstić information content (AvgIpc) is 2.15. The molecule has 1 N–H and O–H groups in total. The van der Waals surface area contributed by atoms with Crippen molar-refractivity contribution in [1.29, 1.82) is 0 Å². The zero-order chi connectivity index (χ0) is 11.4. The molecule has 0 unspecified atom stereocenters. The van der Waals surface area contributed by atoms with E-state index in [0.29, 0.717) is 15.8 Å². The van der Waals surface area contributed by atoms with Gasteiger partial charge in [0.05, 0.1) is 5.02 Å². The van der Waals surface area contributed by atoms with Crippen LogP contribution in [-0.2, 0) is 4.79 Å². The van der Waals surface area contributed by atoms with Crippen molar-refractivity contribution in [2.75, 3.05) is 5.75 Å². The van der Waals surface area contributed by atoms with Gasteiger partial charge in [0.1, 0.15) is 0 Å². The van der Waals surface area contributed by atoms with E-state index in [9.17, 15) is 4.79 Å². The maximum absolute atomic E-state index is 10.5. The molecule has 0 amide bonds. The summed E-state index contributed by atoms with van der Waals surface area (Å²) in [4.78, 5) is 11.3. The Labute approximate surface area is 102 Å². The van der Waals surface area contributed by atoms with Crippen molar-refractivity contribution in [1.82, 2.24) is 0 Å². The van der Waals surface area contributed by atoms with Crippen molar-refractivity contribution in [3.8, 4) is 0 Å². The van der Waals surface area contributed by atoms with E-state index in [-0.39, 0.29) is 5.57 Å². The van der Waals surface area contributed by atoms with Crippen LogP contribution in [0.5, 0.6) is 0 Å². The second-order valence-corrected chi connectivity index (χ2v) is 4.63. The molecule has 1 aromatic rings. The standard InChI is InChI=1S/C10H8Cl2O2S/c1-6(10(13)14)5-15-9-3-2-7(11)4-8(9)12/h2-4H,1,5H2,(H,13,14). The van der Waals surface area contributed by atoms with Crippen LogP contribution in [0.15, 0.2) is 35.2 Å². The van der Waals surface area contributed by atoms with Gasteiger partial charge >= 0.3 is 5.97 Å². The minimum Gasteiger partial charge on any atom is -0.478 e. The first-order valence-electron chi connectivity index (χ1n) is 3.99. The maximum Gasteiger partial charge on any atom is 0.331 e. The number of carboxylic acids is 1. The Morgan fingerprint density at radius 1 is 1.47 bits per heavy atom. The molecule has 0 atom stereocenters. The summed E-state index contributed by atoms with van der Waals surface area (Å²) in [5, 5.41) is 9.68. The Bertz CT molecular complexity index is 404. The van der Waals surface area contributed by atoms with Crippen molar-refractivity contribution >= 4 is 40.9 Å². The zero-order valence-electron chi connectivity index (χ0n) is 7.67. The second-order valence-electron chi connectivity index (χ2n) is 2.77. The lowest BCUT2D eigenvalue weighted by Gasteiger charge is -2.04. The average molecular weight is 263 g/mol. The molecule has 0 bridgehead atoms. The molecular formula is C10H8Cl2O2S. The van der Waals surface area contributed by atoms with Crippen LogP contribution in [0.2, 0.25) is 10.0 Å². The van der Waals surface area contributed by atoms with Gasteiger partial charge in [-0.2, -0.15) is 0 Å². The summed E-state index contributed by atoms with van der Waals surface area (Å²) in [5.74, 6) is -0.691. The van der Waals surface area contributed by atoms with E-state index in [2.05, 4.69) is 6.58 Å². The number of halogens is 2. The molecule has 0 aliphatic carbocycles. The molecule has 15 heavy (non-hydrogen) atoms. The summed E-state index contributed by atoms with van der Waals surface area (Å²) in [6.07, 6.45) is 0. The lowest BCUT2D eigenvalue weighted by molar-refractivity contribution is -0.132. The first-order valence-corrected chi connectivity index (χ1v) is 5.74. The fourth-order valence-electron chi connectivity index (χ4n) is 0.819. The SMILES string of the molecule is C=C(CSc1ccc(Cl)cc1Cl)C(=O)O. The fraction of sp³-hybridized carbons (Fsp3) is 0.100. The van der Waals surface area contributed by atoms with Gasteiger partial charge in [-0.1, -0.05) is 29.8 Å². The van der Waals surface area contributed by atoms with Crippen LogP contribution >= 0.6 is 35.0 Å². The van der Waals surface area contributed by atoms with Crippen LogP contribution in [-0.4, -0.2) is 16.8 Å². The molecule has 5 heteroatoms. The highest BCUT2D eigenvalue weighted by atomic mass is 35.5. The molecule has 80 valence electrons. The summed E-state index contributed by atoms with van der Waals surface area (Å²) in [6.45, 7) is 3.43. The smallest absolute Gasteiger partial charge is 0.331 e. The van der Waals surface area contributed by atoms with Gasteiger partial charge in [0.15, 0.2) is 0 Å². The normalized spacial score (nSPS) is 10.0. The van der Waals surface area contributed by atoms with E-state index in [1.54, 1.807) is 18.2 Å². The minimum atomic E-state index is -0.993. The number of carbonyl (C=O) groups is 1. The Balaban J connectivity index is 2.66. The van der Waals surface area contributed by atoms with Crippen molar-refractivity contribution in [3.63, 3.8) is 0 Å². The maximum atomic E-state index is 10.5. The number of hydrogen-bond acceptors (Lipinski definition) is 2. The third kappa shape index (κ3) is 3.78. The van der Waals surface area contributed by atoms with Crippen molar-refractivity contribution in [2.24, 2.45) is 0 Å². The van der Waals surface area contributed by atoms with E-state index in [1.165, 1.54) is 11.8 Å². The van der Waals surface area contributed by atoms with Crippen molar-refractivity contribution < 1.29 is 9.90 Å². The Hall–Kier alpha value is -0.640. The molecule has 1 rings (SSSR count). The number of carboxylic acid groups (broad SMARTS) is 1. The van der Waals surface area contributed by atoms with E-state index in [1.807, 2.05) is 0 Å². The summed E-state index contributed by atoms with van der Waals surface area (Å²) in [5.41, 5.74) is 0.144. The van der Waals surface area contributed by atoms with E-state index >= 15 is 0 Å². The number of aliphatic carboxylic acids is 1. The number of thioether (sulfide) groups is 1. The predicted molar refractivity (Wildman–Crippen MR) is 64.0 cm³/mol. The van der Waals surface area contributed by atoms with Gasteiger partial charge in [0.2, 0.25) is 0 Å². The summed E-state index contributed by atoms with van der Waals surface area (Å²) in [6, 6.07) is 5.08. The highest BCUT2D eigenvalue weighted by molar-refractivity contribution is 7.99. The van der Waals surface area contributed by atoms with Gasteiger partial charge in [-0.15, -0.1) is 11.8 Å². The van der Waals surface area contributed by atoms with Crippen LogP contribution in [0.4, 0.5) is 0 Å². The summed E-state index contributed by atoms with van der Waals surface area (Å²) in [7, 11) is 0. The van der Waals surface area contributed by atoms with Gasteiger partial charge in [-0.3, -0.25) is 0 Å². The molecule has 0 heterocycles. The topological polar surface area (TPSA) is 37.3 Å². The van der Waals surface area contributed by atoms with Crippen LogP contribution in [0.25, 0.3) is 0 Å². The summed E-state index contributed by atoms with van der Waals surface area (Å²) < 4.78 is 0. The molecule has 2 nitrogen and oxygen atoms in total. The fourth-order valence-corrected chi connectivity index (χ4v) is 2.21. The van der Waals surface area contributed by atoms with Gasteiger partial charge in [-0.25, -0.2) is 4.79 Å². The van der Waals surface area contributed by atoms with Crippen LogP contribution in [0.3, 0.4) is 0 Å². The first kappa shape index (κ1) is 12.4. The van der Waals surface area contributed by atoms with E-state index in [0.717, 1.165) is 4.90 Å². The van der Waals surface area contributed by atoms with Crippen LogP contribution in [0, 0.1) is 0 Å². The minimum absolute atomic E-state index is 0.144. The Morgan fingerprint density at radius 3 is 2.67 bits per heavy atom. The Kier molecular flexibility index (Phi) is 4.51. The zero-order valence-corrected chi connectivity index (χ0v) is 9.99. The van der Waals surface area contributed by atoms with E-state index in [4.69, 9.17) is 28.3 Å². The van der Waals surface area contributed by atoms with Crippen molar-refractivity contribution in [3.05, 3.63) is 40.4 Å². The monoisotopic (exact) mass is 262 g/mol. The van der Waals surface area contributed by atoms with Gasteiger partial charge in [0, 0.05) is 21.2 Å². The molecule has 0 aromatic heterocycles. The molecule has 0 aliphatic heterocycles. The van der Waals surface area contributed by atoms with Crippen LogP contribution < -0.4 is 0 Å². The molecule has 1 aromatic carbocycles. The molecule has 0 saturated carbocycles. The molecule has 0 radical (unpaired) electrons. The number of rotatable bonds is 4. The molecule has 0 fully saturated rings. The van der Waals surface area contributed by atoms with Gasteiger partial charge < -0.3 is 5.11 Å². The highest BCUT2D eigenvalue weighted by Crippen LogP contribution is 2.30. The molecule has 0 saturated heterocycles. The number of hydrogen-bond donors (Lipinski definition) is 1. The van der Waals surface area contributed by atoms with Gasteiger partial charge in [0.25, 0.3) is 0 Å². The lowest BCUT2D eigenvalue weighted by atomic mass is 10.4. The van der Waals surface area contributed by atoms with Gasteiger partial charge in [-0.05, 0) is 18.2 Å². The Morgan fingerprint density at radius 2 is 2.13 bits per heavy atom. The van der Waals surface area contributed by atoms with Crippen molar-refractivity contribution in [2.45, 2.75) is 4.90 Å². The predicted octanol–water partition coefficient (Wildman–Crippen LogP) is 3.73. The van der Waals surface area contributed by atoms with Crippen LogP contribution in [0.1, 0.15) is 0 Å². The third-order valence-electron chi connectivity index (χ3n) is 1.60. The van der Waals surface area contributed by atoms with E-state index < -0.39 is 5.97 Å². The number of benzene rings is 1. The largest absolute Gasteiger partial charge is 0.478 e. The second kappa shape index (κ2) is 5.45. The lowest BCUT2D eigenvalue weighted by Crippen LogP contribution is -2.00.